The van der Waals surface area contributed by atoms with Gasteiger partial charge in [0.2, 0.25) is 5.91 Å². The summed E-state index contributed by atoms with van der Waals surface area (Å²) in [6.07, 6.45) is -5.59. The summed E-state index contributed by atoms with van der Waals surface area (Å²) in [6.45, 7) is 6.59. The van der Waals surface area contributed by atoms with E-state index in [1.54, 1.807) is 13.8 Å². The minimum Gasteiger partial charge on any atom is -0.383 e. The van der Waals surface area contributed by atoms with Crippen molar-refractivity contribution in [2.24, 2.45) is 5.92 Å². The van der Waals surface area contributed by atoms with Crippen LogP contribution < -0.4 is 28.0 Å². The summed E-state index contributed by atoms with van der Waals surface area (Å²) in [5.41, 5.74) is 3.56. The van der Waals surface area contributed by atoms with Gasteiger partial charge in [0.1, 0.15) is 30.2 Å². The first-order valence-corrected chi connectivity index (χ1v) is 16.7. The number of aromatic nitrogens is 4. The summed E-state index contributed by atoms with van der Waals surface area (Å²) >= 11 is 0. The van der Waals surface area contributed by atoms with Crippen molar-refractivity contribution < 1.29 is 47.0 Å². The number of rotatable bonds is 15. The Bertz CT molecular complexity index is 1630. The molecule has 2 aliphatic rings. The lowest BCUT2D eigenvalue weighted by atomic mass is 9.93. The third-order valence-electron chi connectivity index (χ3n) is 7.69. The van der Waals surface area contributed by atoms with Crippen LogP contribution in [0.5, 0.6) is 0 Å². The number of nitrogens with one attached hydrogen (secondary N) is 2. The normalized spacial score (nSPS) is 28.6. The maximum Gasteiger partial charge on any atom is 0.472 e. The highest BCUT2D eigenvalue weighted by molar-refractivity contribution is 7.47. The van der Waals surface area contributed by atoms with Gasteiger partial charge in [0.15, 0.2) is 12.5 Å². The first-order valence-electron chi connectivity index (χ1n) is 15.2. The molecular formula is C28H43N6O13P. The topological polar surface area (TPSA) is 247 Å². The number of nitrogen functional groups attached to an aromatic ring is 1. The van der Waals surface area contributed by atoms with Crippen LogP contribution in [0.25, 0.3) is 0 Å². The second kappa shape index (κ2) is 16.0. The molecule has 4 rings (SSSR count). The van der Waals surface area contributed by atoms with E-state index in [2.05, 4.69) is 15.3 Å². The highest BCUT2D eigenvalue weighted by Crippen LogP contribution is 2.49. The fourth-order valence-corrected chi connectivity index (χ4v) is 6.81. The van der Waals surface area contributed by atoms with Crippen molar-refractivity contribution in [2.75, 3.05) is 33.1 Å². The van der Waals surface area contributed by atoms with E-state index in [9.17, 15) is 28.6 Å². The Hall–Kier alpha value is -3.26. The number of hydrogen-bond acceptors (Lipinski definition) is 14. The van der Waals surface area contributed by atoms with Gasteiger partial charge in [0, 0.05) is 51.6 Å². The number of amides is 1. The predicted molar refractivity (Wildman–Crippen MR) is 167 cm³/mol. The number of anilines is 1. The quantitative estimate of drug-likeness (QED) is 0.173. The number of phosphoric ester groups is 1. The molecule has 5 unspecified atom stereocenters. The van der Waals surface area contributed by atoms with Gasteiger partial charge in [-0.3, -0.25) is 32.8 Å². The van der Waals surface area contributed by atoms with Crippen LogP contribution in [0.2, 0.25) is 0 Å². The van der Waals surface area contributed by atoms with Gasteiger partial charge in [0.25, 0.3) is 5.56 Å². The number of phosphoric acid groups is 1. The lowest BCUT2D eigenvalue weighted by Gasteiger charge is -2.26. The zero-order chi connectivity index (χ0) is 35.3. The number of H-pyrrole nitrogens is 1. The average molecular weight is 703 g/mol. The Balaban J connectivity index is 1.55. The molecule has 9 atom stereocenters. The Labute approximate surface area is 275 Å². The van der Waals surface area contributed by atoms with Crippen LogP contribution in [0.1, 0.15) is 46.6 Å². The molecule has 4 heterocycles. The molecule has 2 aromatic heterocycles. The van der Waals surface area contributed by atoms with Crippen molar-refractivity contribution in [3.8, 4) is 0 Å². The third-order valence-corrected chi connectivity index (χ3v) is 8.89. The van der Waals surface area contributed by atoms with E-state index in [-0.39, 0.29) is 31.5 Å². The van der Waals surface area contributed by atoms with Gasteiger partial charge in [-0.2, -0.15) is 4.98 Å². The van der Waals surface area contributed by atoms with Crippen molar-refractivity contribution in [3.63, 3.8) is 0 Å². The standard InChI is InChI=1S/C28H43N6O13P/c1-14(2)43-13-18-16(22(41-5)25(45-18)34-10-8-20(35)32-28(34)38)11-21(36)30-12-17-23(47-48(39,40)46-15(3)4)24(42-6)26(44-17)33-9-7-19(29)31-27(33)37/h7-10,14-18,22-26H,11-13H2,1-6H3,(H,30,36)(H,39,40)(H2,29,31,37)(H,32,35,38)/t16-,17?,18?,22-,23-,24-,25?,26?/m1/s1. The smallest absolute Gasteiger partial charge is 0.383 e. The van der Waals surface area contributed by atoms with Gasteiger partial charge in [-0.15, -0.1) is 0 Å². The molecule has 2 saturated heterocycles. The van der Waals surface area contributed by atoms with E-state index < -0.39 is 85.7 Å². The molecule has 20 heteroatoms. The molecule has 0 bridgehead atoms. The van der Waals surface area contributed by atoms with Crippen LogP contribution in [0.15, 0.2) is 38.9 Å². The van der Waals surface area contributed by atoms with Crippen LogP contribution in [0.3, 0.4) is 0 Å². The van der Waals surface area contributed by atoms with Gasteiger partial charge in [-0.25, -0.2) is 14.2 Å². The molecule has 0 spiro atoms. The van der Waals surface area contributed by atoms with Gasteiger partial charge >= 0.3 is 19.2 Å². The molecule has 2 fully saturated rings. The lowest BCUT2D eigenvalue weighted by molar-refractivity contribution is -0.124. The number of carbonyl (C=O) groups excluding carboxylic acids is 1. The van der Waals surface area contributed by atoms with Crippen molar-refractivity contribution in [1.29, 1.82) is 0 Å². The molecular weight excluding hydrogens is 659 g/mol. The zero-order valence-corrected chi connectivity index (χ0v) is 28.3. The molecule has 1 amide bonds. The number of carbonyl (C=O) groups is 1. The Morgan fingerprint density at radius 3 is 2.27 bits per heavy atom. The lowest BCUT2D eigenvalue weighted by Crippen LogP contribution is -2.43. The minimum absolute atomic E-state index is 0.0277. The van der Waals surface area contributed by atoms with Crippen molar-refractivity contribution in [1.82, 2.24) is 24.4 Å². The summed E-state index contributed by atoms with van der Waals surface area (Å²) in [5.74, 6) is -1.14. The minimum atomic E-state index is -4.67. The largest absolute Gasteiger partial charge is 0.472 e. The number of methoxy groups -OCH3 is 2. The summed E-state index contributed by atoms with van der Waals surface area (Å²) in [6, 6.07) is 2.54. The van der Waals surface area contributed by atoms with E-state index in [4.69, 9.17) is 38.5 Å². The molecule has 0 saturated carbocycles. The van der Waals surface area contributed by atoms with Crippen molar-refractivity contribution in [2.45, 2.75) is 89.3 Å². The molecule has 0 radical (unpaired) electrons. The highest BCUT2D eigenvalue weighted by atomic mass is 31.2. The Morgan fingerprint density at radius 2 is 1.67 bits per heavy atom. The summed E-state index contributed by atoms with van der Waals surface area (Å²) in [5, 5.41) is 2.75. The van der Waals surface area contributed by atoms with Crippen LogP contribution in [-0.4, -0.2) is 100 Å². The maximum absolute atomic E-state index is 13.5. The van der Waals surface area contributed by atoms with E-state index in [1.807, 2.05) is 13.8 Å². The Morgan fingerprint density at radius 1 is 1.02 bits per heavy atom. The molecule has 268 valence electrons. The Kier molecular flexibility index (Phi) is 12.5. The molecule has 2 aliphatic heterocycles. The fourth-order valence-electron chi connectivity index (χ4n) is 5.66. The average Bonchev–Trinajstić information content (AvgIpc) is 3.50. The second-order valence-electron chi connectivity index (χ2n) is 11.8. The van der Waals surface area contributed by atoms with Gasteiger partial charge < -0.3 is 39.6 Å². The molecule has 48 heavy (non-hydrogen) atoms. The van der Waals surface area contributed by atoms with E-state index in [0.717, 1.165) is 4.57 Å². The van der Waals surface area contributed by atoms with Crippen LogP contribution in [-0.2, 0) is 42.1 Å². The molecule has 2 aromatic rings. The number of nitrogens with zero attached hydrogens (tertiary/aromatic N) is 3. The zero-order valence-electron chi connectivity index (χ0n) is 27.4. The first-order chi connectivity index (χ1) is 22.6. The number of nitrogens with two attached hydrogens (primary N) is 1. The monoisotopic (exact) mass is 702 g/mol. The number of ether oxygens (including phenoxy) is 5. The SMILES string of the molecule is CO[C@H]1C(n2ccc(=O)[nH]c2=O)OC(COC(C)C)[C@H]1CC(=O)NCC1OC(n2ccc(N)nc2=O)[C@H](OC)[C@@H]1OP(=O)(O)OC(C)C. The van der Waals surface area contributed by atoms with Crippen LogP contribution in [0, 0.1) is 5.92 Å². The van der Waals surface area contributed by atoms with E-state index in [0.29, 0.717) is 0 Å². The van der Waals surface area contributed by atoms with E-state index in [1.165, 1.54) is 43.3 Å². The number of aromatic amines is 1. The molecule has 5 N–H and O–H groups in total. The summed E-state index contributed by atoms with van der Waals surface area (Å²) in [7, 11) is -1.96. The van der Waals surface area contributed by atoms with Gasteiger partial charge in [-0.1, -0.05) is 0 Å². The molecule has 0 aromatic carbocycles. The molecule has 0 aliphatic carbocycles. The highest BCUT2D eigenvalue weighted by Gasteiger charge is 2.51. The van der Waals surface area contributed by atoms with Crippen molar-refractivity contribution >= 4 is 19.5 Å². The van der Waals surface area contributed by atoms with Crippen molar-refractivity contribution in [3.05, 3.63) is 55.8 Å². The van der Waals surface area contributed by atoms with Crippen LogP contribution in [0.4, 0.5) is 5.82 Å². The predicted octanol–water partition coefficient (Wildman–Crippen LogP) is -0.341. The fraction of sp³-hybridized carbons (Fsp3) is 0.679. The van der Waals surface area contributed by atoms with Crippen LogP contribution >= 0.6 is 7.82 Å². The molecule has 19 nitrogen and oxygen atoms in total. The number of hydrogen-bond donors (Lipinski definition) is 4. The van der Waals surface area contributed by atoms with E-state index >= 15 is 0 Å². The van der Waals surface area contributed by atoms with Gasteiger partial charge in [0.05, 0.1) is 24.9 Å². The first kappa shape index (κ1) is 37.6. The second-order valence-corrected chi connectivity index (χ2v) is 13.2. The maximum atomic E-state index is 13.5. The third kappa shape index (κ3) is 9.04. The van der Waals surface area contributed by atoms with Gasteiger partial charge in [-0.05, 0) is 33.8 Å². The summed E-state index contributed by atoms with van der Waals surface area (Å²) < 4.78 is 55.0. The summed E-state index contributed by atoms with van der Waals surface area (Å²) in [4.78, 5) is 66.7.